The summed E-state index contributed by atoms with van der Waals surface area (Å²) in [6.07, 6.45) is 3.66. The molecular formula is C21H22N4O. The van der Waals surface area contributed by atoms with Crippen molar-refractivity contribution >= 4 is 23.5 Å². The molecule has 132 valence electrons. The summed E-state index contributed by atoms with van der Waals surface area (Å²) >= 11 is 0. The highest BCUT2D eigenvalue weighted by Gasteiger charge is 2.22. The number of carbonyl (C=O) groups is 1. The van der Waals surface area contributed by atoms with Gasteiger partial charge in [-0.15, -0.1) is 0 Å². The second kappa shape index (κ2) is 7.14. The van der Waals surface area contributed by atoms with Crippen molar-refractivity contribution < 1.29 is 4.79 Å². The molecular weight excluding hydrogens is 324 g/mol. The first kappa shape index (κ1) is 16.5. The van der Waals surface area contributed by atoms with E-state index in [0.29, 0.717) is 5.56 Å². The van der Waals surface area contributed by atoms with Crippen LogP contribution < -0.4 is 5.32 Å². The normalized spacial score (nSPS) is 18.7. The number of hydrogen-bond donors (Lipinski definition) is 2. The lowest BCUT2D eigenvalue weighted by molar-refractivity contribution is 0.102. The number of hydrogen-bond acceptors (Lipinski definition) is 3. The second-order valence-corrected chi connectivity index (χ2v) is 6.63. The summed E-state index contributed by atoms with van der Waals surface area (Å²) in [7, 11) is 0. The van der Waals surface area contributed by atoms with Gasteiger partial charge in [0.15, 0.2) is 0 Å². The van der Waals surface area contributed by atoms with Crippen LogP contribution in [0, 0.1) is 5.41 Å². The Hall–Kier alpha value is -2.92. The Balaban J connectivity index is 1.69. The molecule has 0 aliphatic carbocycles. The van der Waals surface area contributed by atoms with Gasteiger partial charge in [-0.2, -0.15) is 0 Å². The summed E-state index contributed by atoms with van der Waals surface area (Å²) in [6, 6.07) is 15.8. The molecule has 2 aliphatic rings. The van der Waals surface area contributed by atoms with Crippen LogP contribution in [0.25, 0.3) is 5.57 Å². The molecule has 26 heavy (non-hydrogen) atoms. The van der Waals surface area contributed by atoms with Crippen molar-refractivity contribution in [2.45, 2.75) is 0 Å². The van der Waals surface area contributed by atoms with E-state index in [0.717, 1.165) is 55.1 Å². The lowest BCUT2D eigenvalue weighted by Crippen LogP contribution is -2.45. The zero-order valence-corrected chi connectivity index (χ0v) is 14.6. The van der Waals surface area contributed by atoms with Gasteiger partial charge in [0.2, 0.25) is 0 Å². The monoisotopic (exact) mass is 346 g/mol. The van der Waals surface area contributed by atoms with Gasteiger partial charge in [0.05, 0.1) is 6.34 Å². The van der Waals surface area contributed by atoms with Crippen LogP contribution in [0.2, 0.25) is 0 Å². The minimum atomic E-state index is -0.0592. The van der Waals surface area contributed by atoms with Crippen molar-refractivity contribution in [3.63, 3.8) is 0 Å². The molecule has 2 N–H and O–H groups in total. The van der Waals surface area contributed by atoms with Crippen molar-refractivity contribution in [2.75, 3.05) is 38.0 Å². The van der Waals surface area contributed by atoms with Crippen LogP contribution in [0.4, 0.5) is 5.69 Å². The van der Waals surface area contributed by atoms with E-state index in [1.54, 1.807) is 0 Å². The van der Waals surface area contributed by atoms with E-state index in [1.165, 1.54) is 6.34 Å². The van der Waals surface area contributed by atoms with E-state index in [4.69, 9.17) is 5.41 Å². The van der Waals surface area contributed by atoms with Gasteiger partial charge in [-0.3, -0.25) is 15.1 Å². The lowest BCUT2D eigenvalue weighted by Gasteiger charge is -2.32. The number of rotatable bonds is 3. The van der Waals surface area contributed by atoms with Gasteiger partial charge in [0.25, 0.3) is 5.91 Å². The Kier molecular flexibility index (Phi) is 4.54. The molecule has 2 heterocycles. The van der Waals surface area contributed by atoms with E-state index >= 15 is 0 Å². The molecule has 1 saturated heterocycles. The molecule has 0 saturated carbocycles. The maximum Gasteiger partial charge on any atom is 0.256 e. The number of piperazine rings is 1. The molecule has 0 aromatic heterocycles. The predicted molar refractivity (Wildman–Crippen MR) is 105 cm³/mol. The standard InChI is InChI=1S/C21H22N4O/c22-15-25-13-11-24(12-14-25)10-9-17-16-5-1-2-7-19(16)21(26)23-20-8-4-3-6-18(17)20/h1-9,15,22H,10-14H2,(H,23,26)/b17-9-,22-15?. The third-order valence-corrected chi connectivity index (χ3v) is 5.07. The minimum Gasteiger partial charge on any atom is -0.361 e. The van der Waals surface area contributed by atoms with Crippen molar-refractivity contribution in [3.05, 3.63) is 71.3 Å². The van der Waals surface area contributed by atoms with Crippen LogP contribution in [0.15, 0.2) is 54.6 Å². The summed E-state index contributed by atoms with van der Waals surface area (Å²) in [5.41, 5.74) is 4.71. The molecule has 0 spiro atoms. The summed E-state index contributed by atoms with van der Waals surface area (Å²) < 4.78 is 0. The second-order valence-electron chi connectivity index (χ2n) is 6.63. The van der Waals surface area contributed by atoms with Gasteiger partial charge in [-0.05, 0) is 23.3 Å². The Bertz CT molecular complexity index is 866. The molecule has 0 atom stereocenters. The Labute approximate surface area is 153 Å². The van der Waals surface area contributed by atoms with Crippen LogP contribution in [0.5, 0.6) is 0 Å². The first-order chi connectivity index (χ1) is 12.8. The van der Waals surface area contributed by atoms with Crippen molar-refractivity contribution in [1.29, 1.82) is 5.41 Å². The zero-order valence-electron chi connectivity index (χ0n) is 14.6. The number of para-hydroxylation sites is 1. The number of amides is 1. The summed E-state index contributed by atoms with van der Waals surface area (Å²) in [6.45, 7) is 4.50. The quantitative estimate of drug-likeness (QED) is 0.664. The van der Waals surface area contributed by atoms with E-state index in [-0.39, 0.29) is 5.91 Å². The van der Waals surface area contributed by atoms with Gasteiger partial charge in [0, 0.05) is 49.5 Å². The molecule has 4 rings (SSSR count). The zero-order chi connectivity index (χ0) is 17.9. The third kappa shape index (κ3) is 3.13. The van der Waals surface area contributed by atoms with Crippen LogP contribution in [0.1, 0.15) is 21.5 Å². The summed E-state index contributed by atoms with van der Waals surface area (Å²) in [5, 5.41) is 10.4. The van der Waals surface area contributed by atoms with Crippen molar-refractivity contribution in [1.82, 2.24) is 9.80 Å². The molecule has 1 amide bonds. The van der Waals surface area contributed by atoms with Gasteiger partial charge < -0.3 is 10.2 Å². The number of nitrogens with zero attached hydrogens (tertiary/aromatic N) is 2. The molecule has 0 radical (unpaired) electrons. The van der Waals surface area contributed by atoms with Crippen LogP contribution in [-0.2, 0) is 0 Å². The Morgan fingerprint density at radius 2 is 1.58 bits per heavy atom. The molecule has 2 aromatic carbocycles. The van der Waals surface area contributed by atoms with E-state index in [1.807, 2.05) is 47.4 Å². The first-order valence-corrected chi connectivity index (χ1v) is 8.93. The smallest absolute Gasteiger partial charge is 0.256 e. The van der Waals surface area contributed by atoms with Crippen LogP contribution >= 0.6 is 0 Å². The fourth-order valence-electron chi connectivity index (χ4n) is 3.59. The highest BCUT2D eigenvalue weighted by Crippen LogP contribution is 2.34. The first-order valence-electron chi connectivity index (χ1n) is 8.93. The Morgan fingerprint density at radius 3 is 2.31 bits per heavy atom. The van der Waals surface area contributed by atoms with E-state index in [9.17, 15) is 4.79 Å². The highest BCUT2D eigenvalue weighted by molar-refractivity contribution is 6.12. The van der Waals surface area contributed by atoms with Crippen molar-refractivity contribution in [2.24, 2.45) is 0 Å². The molecule has 1 fully saturated rings. The summed E-state index contributed by atoms with van der Waals surface area (Å²) in [5.74, 6) is -0.0592. The maximum absolute atomic E-state index is 12.6. The Morgan fingerprint density at radius 1 is 0.923 bits per heavy atom. The molecule has 0 unspecified atom stereocenters. The number of carbonyl (C=O) groups excluding carboxylic acids is 1. The SMILES string of the molecule is N=CN1CCN(C/C=C2\c3ccccc3NC(=O)c3ccccc32)CC1. The third-order valence-electron chi connectivity index (χ3n) is 5.07. The lowest BCUT2D eigenvalue weighted by atomic mass is 9.94. The number of nitrogens with one attached hydrogen (secondary N) is 2. The highest BCUT2D eigenvalue weighted by atomic mass is 16.1. The molecule has 5 heteroatoms. The molecule has 2 aromatic rings. The number of benzene rings is 2. The summed E-state index contributed by atoms with van der Waals surface area (Å²) in [4.78, 5) is 17.0. The predicted octanol–water partition coefficient (Wildman–Crippen LogP) is 2.91. The maximum atomic E-state index is 12.6. The average molecular weight is 346 g/mol. The molecule has 2 aliphatic heterocycles. The number of anilines is 1. The van der Waals surface area contributed by atoms with Gasteiger partial charge in [0.1, 0.15) is 0 Å². The number of fused-ring (bicyclic) bond motifs is 2. The van der Waals surface area contributed by atoms with Crippen molar-refractivity contribution in [3.8, 4) is 0 Å². The van der Waals surface area contributed by atoms with Gasteiger partial charge >= 0.3 is 0 Å². The van der Waals surface area contributed by atoms with Gasteiger partial charge in [-0.1, -0.05) is 42.5 Å². The topological polar surface area (TPSA) is 59.4 Å². The van der Waals surface area contributed by atoms with Crippen LogP contribution in [-0.4, -0.2) is 54.8 Å². The van der Waals surface area contributed by atoms with Crippen LogP contribution in [0.3, 0.4) is 0 Å². The largest absolute Gasteiger partial charge is 0.361 e. The van der Waals surface area contributed by atoms with E-state index < -0.39 is 0 Å². The fraction of sp³-hybridized carbons (Fsp3) is 0.238. The average Bonchev–Trinajstić information content (AvgIpc) is 2.81. The van der Waals surface area contributed by atoms with Gasteiger partial charge in [-0.25, -0.2) is 0 Å². The molecule has 5 nitrogen and oxygen atoms in total. The minimum absolute atomic E-state index is 0.0592. The van der Waals surface area contributed by atoms with E-state index in [2.05, 4.69) is 22.4 Å². The molecule has 0 bridgehead atoms. The fourth-order valence-corrected chi connectivity index (χ4v) is 3.59.